The molecule has 2 rings (SSSR count). The molecule has 1 aliphatic carbocycles. The maximum Gasteiger partial charge on any atom is 0.327 e. The Morgan fingerprint density at radius 3 is 2.88 bits per heavy atom. The Hall–Kier alpha value is -1.35. The summed E-state index contributed by atoms with van der Waals surface area (Å²) in [5.41, 5.74) is 2.34. The van der Waals surface area contributed by atoms with Gasteiger partial charge in [0, 0.05) is 0 Å². The van der Waals surface area contributed by atoms with Gasteiger partial charge in [0.15, 0.2) is 0 Å². The largest absolute Gasteiger partial charge is 0.465 e. The predicted octanol–water partition coefficient (Wildman–Crippen LogP) is 2.39. The average Bonchev–Trinajstić information content (AvgIpc) is 3.14. The highest BCUT2D eigenvalue weighted by molar-refractivity contribution is 5.77. The van der Waals surface area contributed by atoms with Crippen molar-refractivity contribution in [3.05, 3.63) is 35.4 Å². The topological polar surface area (TPSA) is 38.3 Å². The number of rotatable bonds is 5. The van der Waals surface area contributed by atoms with Gasteiger partial charge in [-0.3, -0.25) is 0 Å². The van der Waals surface area contributed by atoms with Crippen LogP contribution in [0.25, 0.3) is 0 Å². The van der Waals surface area contributed by atoms with Crippen molar-refractivity contribution in [1.29, 1.82) is 0 Å². The van der Waals surface area contributed by atoms with Gasteiger partial charge in [-0.1, -0.05) is 24.3 Å². The molecule has 1 aromatic carbocycles. The van der Waals surface area contributed by atoms with E-state index in [1.807, 2.05) is 19.1 Å². The first-order valence-electron chi connectivity index (χ1n) is 6.20. The summed E-state index contributed by atoms with van der Waals surface area (Å²) < 4.78 is 5.06. The maximum absolute atomic E-state index is 11.8. The van der Waals surface area contributed by atoms with Crippen molar-refractivity contribution in [2.75, 3.05) is 13.7 Å². The van der Waals surface area contributed by atoms with Crippen molar-refractivity contribution >= 4 is 5.97 Å². The van der Waals surface area contributed by atoms with Crippen LogP contribution in [0.5, 0.6) is 0 Å². The number of benzene rings is 1. The van der Waals surface area contributed by atoms with E-state index in [9.17, 15) is 4.79 Å². The average molecular weight is 233 g/mol. The Bertz CT molecular complexity index is 399. The lowest BCUT2D eigenvalue weighted by molar-refractivity contribution is -0.145. The van der Waals surface area contributed by atoms with Crippen LogP contribution in [-0.2, 0) is 9.53 Å². The van der Waals surface area contributed by atoms with E-state index in [0.717, 1.165) is 5.56 Å². The number of likely N-dealkylation sites (N-methyl/N-ethyl adjacent to an activating group) is 1. The summed E-state index contributed by atoms with van der Waals surface area (Å²) in [7, 11) is 1.78. The van der Waals surface area contributed by atoms with Crippen LogP contribution in [0.2, 0.25) is 0 Å². The standard InChI is InChI=1S/C14H19NO2/c1-3-17-14(16)13(15-2)12-6-4-5-11(9-12)10-7-8-10/h4-6,9-10,13,15H,3,7-8H2,1-2H3. The first kappa shape index (κ1) is 12.1. The summed E-state index contributed by atoms with van der Waals surface area (Å²) in [4.78, 5) is 11.8. The van der Waals surface area contributed by atoms with Crippen molar-refractivity contribution in [3.63, 3.8) is 0 Å². The third-order valence-electron chi connectivity index (χ3n) is 3.10. The Balaban J connectivity index is 2.17. The first-order chi connectivity index (χ1) is 8.26. The molecule has 92 valence electrons. The number of carbonyl (C=O) groups is 1. The smallest absolute Gasteiger partial charge is 0.327 e. The van der Waals surface area contributed by atoms with Crippen LogP contribution in [0.4, 0.5) is 0 Å². The SMILES string of the molecule is CCOC(=O)C(NC)c1cccc(C2CC2)c1. The fraction of sp³-hybridized carbons (Fsp3) is 0.500. The van der Waals surface area contributed by atoms with Gasteiger partial charge in [0.25, 0.3) is 0 Å². The number of carbonyl (C=O) groups excluding carboxylic acids is 1. The summed E-state index contributed by atoms with van der Waals surface area (Å²) in [6.07, 6.45) is 2.54. The van der Waals surface area contributed by atoms with Gasteiger partial charge in [-0.15, -0.1) is 0 Å². The van der Waals surface area contributed by atoms with Crippen LogP contribution in [-0.4, -0.2) is 19.6 Å². The van der Waals surface area contributed by atoms with Crippen molar-refractivity contribution in [3.8, 4) is 0 Å². The fourth-order valence-electron chi connectivity index (χ4n) is 2.06. The minimum absolute atomic E-state index is 0.206. The minimum atomic E-state index is -0.353. The third kappa shape index (κ3) is 2.86. The first-order valence-corrected chi connectivity index (χ1v) is 6.20. The molecule has 0 radical (unpaired) electrons. The molecule has 1 saturated carbocycles. The van der Waals surface area contributed by atoms with E-state index in [0.29, 0.717) is 12.5 Å². The van der Waals surface area contributed by atoms with E-state index in [-0.39, 0.29) is 12.0 Å². The lowest BCUT2D eigenvalue weighted by Crippen LogP contribution is -2.27. The minimum Gasteiger partial charge on any atom is -0.465 e. The maximum atomic E-state index is 11.8. The normalized spacial score (nSPS) is 16.6. The zero-order valence-corrected chi connectivity index (χ0v) is 10.4. The van der Waals surface area contributed by atoms with Gasteiger partial charge in [-0.2, -0.15) is 0 Å². The van der Waals surface area contributed by atoms with Gasteiger partial charge in [0.05, 0.1) is 6.61 Å². The van der Waals surface area contributed by atoms with Gasteiger partial charge in [-0.05, 0) is 43.9 Å². The van der Waals surface area contributed by atoms with Crippen LogP contribution in [0.15, 0.2) is 24.3 Å². The summed E-state index contributed by atoms with van der Waals surface area (Å²) in [6.45, 7) is 2.24. The quantitative estimate of drug-likeness (QED) is 0.794. The number of ether oxygens (including phenoxy) is 1. The van der Waals surface area contributed by atoms with Crippen molar-refractivity contribution in [2.24, 2.45) is 0 Å². The Labute approximate surface area is 102 Å². The van der Waals surface area contributed by atoms with Gasteiger partial charge in [0.1, 0.15) is 6.04 Å². The summed E-state index contributed by atoms with van der Waals surface area (Å²) in [6, 6.07) is 7.90. The second-order valence-corrected chi connectivity index (χ2v) is 4.42. The summed E-state index contributed by atoms with van der Waals surface area (Å²) >= 11 is 0. The monoisotopic (exact) mass is 233 g/mol. The molecule has 0 spiro atoms. The highest BCUT2D eigenvalue weighted by Gasteiger charge is 2.25. The molecule has 17 heavy (non-hydrogen) atoms. The van der Waals surface area contributed by atoms with E-state index in [4.69, 9.17) is 4.74 Å². The van der Waals surface area contributed by atoms with Crippen LogP contribution in [0, 0.1) is 0 Å². The Morgan fingerprint density at radius 2 is 2.29 bits per heavy atom. The molecule has 0 heterocycles. The lowest BCUT2D eigenvalue weighted by Gasteiger charge is -2.15. The van der Waals surface area contributed by atoms with E-state index in [1.54, 1.807) is 7.05 Å². The zero-order chi connectivity index (χ0) is 12.3. The molecule has 1 aliphatic rings. The molecule has 0 saturated heterocycles. The van der Waals surface area contributed by atoms with E-state index in [1.165, 1.54) is 18.4 Å². The van der Waals surface area contributed by atoms with E-state index < -0.39 is 0 Å². The second-order valence-electron chi connectivity index (χ2n) is 4.42. The molecule has 1 fully saturated rings. The van der Waals surface area contributed by atoms with Gasteiger partial charge < -0.3 is 10.1 Å². The fourth-order valence-corrected chi connectivity index (χ4v) is 2.06. The highest BCUT2D eigenvalue weighted by atomic mass is 16.5. The molecule has 1 unspecified atom stereocenters. The van der Waals surface area contributed by atoms with E-state index in [2.05, 4.69) is 17.4 Å². The third-order valence-corrected chi connectivity index (χ3v) is 3.10. The molecule has 0 amide bonds. The molecule has 0 aromatic heterocycles. The van der Waals surface area contributed by atoms with E-state index >= 15 is 0 Å². The number of esters is 1. The molecule has 3 nitrogen and oxygen atoms in total. The summed E-state index contributed by atoms with van der Waals surface area (Å²) in [5, 5.41) is 3.01. The van der Waals surface area contributed by atoms with Crippen LogP contribution in [0.1, 0.15) is 42.9 Å². The number of hydrogen-bond donors (Lipinski definition) is 1. The second kappa shape index (κ2) is 5.32. The predicted molar refractivity (Wildman–Crippen MR) is 66.9 cm³/mol. The van der Waals surface area contributed by atoms with Gasteiger partial charge >= 0.3 is 5.97 Å². The number of hydrogen-bond acceptors (Lipinski definition) is 3. The van der Waals surface area contributed by atoms with Crippen molar-refractivity contribution in [1.82, 2.24) is 5.32 Å². The molecule has 1 aromatic rings. The lowest BCUT2D eigenvalue weighted by atomic mass is 10.0. The molecule has 1 N–H and O–H groups in total. The molecule has 0 bridgehead atoms. The molecular weight excluding hydrogens is 214 g/mol. The van der Waals surface area contributed by atoms with Gasteiger partial charge in [0.2, 0.25) is 0 Å². The number of nitrogens with one attached hydrogen (secondary N) is 1. The molecular formula is C14H19NO2. The Kier molecular flexibility index (Phi) is 3.79. The van der Waals surface area contributed by atoms with Crippen molar-refractivity contribution in [2.45, 2.75) is 31.7 Å². The zero-order valence-electron chi connectivity index (χ0n) is 10.4. The van der Waals surface area contributed by atoms with Crippen LogP contribution in [0.3, 0.4) is 0 Å². The Morgan fingerprint density at radius 1 is 1.53 bits per heavy atom. The van der Waals surface area contributed by atoms with Gasteiger partial charge in [-0.25, -0.2) is 4.79 Å². The highest BCUT2D eigenvalue weighted by Crippen LogP contribution is 2.40. The van der Waals surface area contributed by atoms with Crippen LogP contribution < -0.4 is 5.32 Å². The molecule has 0 aliphatic heterocycles. The summed E-state index contributed by atoms with van der Waals surface area (Å²) in [5.74, 6) is 0.498. The molecule has 3 heteroatoms. The molecule has 1 atom stereocenters. The van der Waals surface area contributed by atoms with Crippen LogP contribution >= 0.6 is 0 Å². The van der Waals surface area contributed by atoms with Crippen molar-refractivity contribution < 1.29 is 9.53 Å².